The molecule has 0 bridgehead atoms. The standard InChI is InChI=1S/C24H22N8O/c1-15-10-16(4-7-21(15)33-17-5-6-20-18(11-17)28-14-31(20)2)29-23-22-19(26-13-27-23)12-25-24(30-22)32-8-3-9-32/h4-7,10-14H,3,8-9H2,1-2H3,(H,26,27,29). The van der Waals surface area contributed by atoms with Crippen molar-refractivity contribution >= 4 is 39.5 Å². The van der Waals surface area contributed by atoms with E-state index in [1.165, 1.54) is 12.7 Å². The molecule has 0 radical (unpaired) electrons. The highest BCUT2D eigenvalue weighted by atomic mass is 16.5. The highest BCUT2D eigenvalue weighted by Crippen LogP contribution is 2.31. The molecule has 6 rings (SSSR count). The van der Waals surface area contributed by atoms with E-state index in [-0.39, 0.29) is 0 Å². The van der Waals surface area contributed by atoms with E-state index in [1.54, 1.807) is 12.5 Å². The zero-order chi connectivity index (χ0) is 22.4. The summed E-state index contributed by atoms with van der Waals surface area (Å²) in [6.07, 6.45) is 6.24. The van der Waals surface area contributed by atoms with Crippen LogP contribution in [0.5, 0.6) is 11.5 Å². The second-order valence-corrected chi connectivity index (χ2v) is 8.18. The molecule has 1 saturated heterocycles. The van der Waals surface area contributed by atoms with Gasteiger partial charge in [-0.15, -0.1) is 0 Å². The van der Waals surface area contributed by atoms with Crippen molar-refractivity contribution in [3.63, 3.8) is 0 Å². The number of nitrogens with one attached hydrogen (secondary N) is 1. The topological polar surface area (TPSA) is 93.9 Å². The number of imidazole rings is 1. The lowest BCUT2D eigenvalue weighted by atomic mass is 10.2. The van der Waals surface area contributed by atoms with E-state index in [0.29, 0.717) is 16.9 Å². The summed E-state index contributed by atoms with van der Waals surface area (Å²) in [5.74, 6) is 2.90. The fraction of sp³-hybridized carbons (Fsp3) is 0.208. The van der Waals surface area contributed by atoms with Gasteiger partial charge >= 0.3 is 0 Å². The van der Waals surface area contributed by atoms with Crippen molar-refractivity contribution in [3.05, 3.63) is 60.8 Å². The summed E-state index contributed by atoms with van der Waals surface area (Å²) in [5.41, 5.74) is 5.27. The first-order valence-electron chi connectivity index (χ1n) is 10.8. The zero-order valence-corrected chi connectivity index (χ0v) is 18.4. The van der Waals surface area contributed by atoms with E-state index in [0.717, 1.165) is 52.8 Å². The minimum atomic E-state index is 0.651. The fourth-order valence-corrected chi connectivity index (χ4v) is 3.89. The van der Waals surface area contributed by atoms with E-state index < -0.39 is 0 Å². The Labute approximate surface area is 190 Å². The third-order valence-electron chi connectivity index (χ3n) is 5.87. The van der Waals surface area contributed by atoms with Crippen LogP contribution in [0.15, 0.2) is 55.2 Å². The Hall–Kier alpha value is -4.27. The molecule has 0 spiro atoms. The Morgan fingerprint density at radius 1 is 0.970 bits per heavy atom. The second-order valence-electron chi connectivity index (χ2n) is 8.18. The number of nitrogens with zero attached hydrogens (tertiary/aromatic N) is 7. The van der Waals surface area contributed by atoms with E-state index >= 15 is 0 Å². The van der Waals surface area contributed by atoms with E-state index in [9.17, 15) is 0 Å². The molecule has 2 aromatic carbocycles. The molecule has 0 atom stereocenters. The van der Waals surface area contributed by atoms with Crippen LogP contribution in [0.25, 0.3) is 22.1 Å². The van der Waals surface area contributed by atoms with E-state index in [1.807, 2.05) is 54.9 Å². The van der Waals surface area contributed by atoms with Gasteiger partial charge in [0.2, 0.25) is 5.95 Å². The van der Waals surface area contributed by atoms with Crippen LogP contribution in [-0.2, 0) is 7.05 Å². The maximum Gasteiger partial charge on any atom is 0.226 e. The average Bonchev–Trinajstić information content (AvgIpc) is 3.15. The van der Waals surface area contributed by atoms with Crippen molar-refractivity contribution in [2.75, 3.05) is 23.3 Å². The first-order chi connectivity index (χ1) is 16.1. The van der Waals surface area contributed by atoms with Crippen LogP contribution in [-0.4, -0.2) is 42.6 Å². The molecule has 4 heterocycles. The van der Waals surface area contributed by atoms with E-state index in [4.69, 9.17) is 9.72 Å². The first-order valence-corrected chi connectivity index (χ1v) is 10.8. The largest absolute Gasteiger partial charge is 0.457 e. The lowest BCUT2D eigenvalue weighted by Gasteiger charge is -2.30. The summed E-state index contributed by atoms with van der Waals surface area (Å²) >= 11 is 0. The fourth-order valence-electron chi connectivity index (χ4n) is 3.89. The van der Waals surface area contributed by atoms with Gasteiger partial charge in [0.05, 0.1) is 23.6 Å². The number of aryl methyl sites for hydroxylation is 2. The number of aromatic nitrogens is 6. The molecule has 0 unspecified atom stereocenters. The second kappa shape index (κ2) is 7.70. The number of ether oxygens (including phenoxy) is 1. The lowest BCUT2D eigenvalue weighted by Crippen LogP contribution is -2.38. The molecule has 0 saturated carbocycles. The summed E-state index contributed by atoms with van der Waals surface area (Å²) in [4.78, 5) is 24.4. The van der Waals surface area contributed by atoms with Gasteiger partial charge in [0, 0.05) is 31.9 Å². The summed E-state index contributed by atoms with van der Waals surface area (Å²) in [7, 11) is 1.98. The summed E-state index contributed by atoms with van der Waals surface area (Å²) in [6, 6.07) is 11.9. The van der Waals surface area contributed by atoms with Crippen LogP contribution in [0.4, 0.5) is 17.5 Å². The highest BCUT2D eigenvalue weighted by molar-refractivity contribution is 5.87. The van der Waals surface area contributed by atoms with Gasteiger partial charge in [-0.3, -0.25) is 0 Å². The van der Waals surface area contributed by atoms with Crippen LogP contribution >= 0.6 is 0 Å². The molecular weight excluding hydrogens is 416 g/mol. The number of fused-ring (bicyclic) bond motifs is 2. The third-order valence-corrected chi connectivity index (χ3v) is 5.87. The van der Waals surface area contributed by atoms with Crippen molar-refractivity contribution in [1.82, 2.24) is 29.5 Å². The maximum absolute atomic E-state index is 6.13. The number of benzene rings is 2. The Morgan fingerprint density at radius 2 is 1.88 bits per heavy atom. The number of hydrogen-bond donors (Lipinski definition) is 1. The molecule has 9 heteroatoms. The Bertz CT molecular complexity index is 1490. The van der Waals surface area contributed by atoms with Crippen LogP contribution in [0.1, 0.15) is 12.0 Å². The van der Waals surface area contributed by atoms with Crippen LogP contribution in [0, 0.1) is 6.92 Å². The molecule has 1 aliphatic heterocycles. The van der Waals surface area contributed by atoms with Crippen LogP contribution in [0.3, 0.4) is 0 Å². The van der Waals surface area contributed by atoms with Gasteiger partial charge in [-0.05, 0) is 49.2 Å². The molecule has 1 aliphatic rings. The van der Waals surface area contributed by atoms with E-state index in [2.05, 4.69) is 30.2 Å². The third kappa shape index (κ3) is 3.57. The number of hydrogen-bond acceptors (Lipinski definition) is 8. The molecular formula is C24H22N8O. The smallest absolute Gasteiger partial charge is 0.226 e. The Balaban J connectivity index is 1.26. The summed E-state index contributed by atoms with van der Waals surface area (Å²) < 4.78 is 8.12. The van der Waals surface area contributed by atoms with Gasteiger partial charge < -0.3 is 19.5 Å². The number of rotatable bonds is 5. The average molecular weight is 438 g/mol. The molecule has 164 valence electrons. The molecule has 1 fully saturated rings. The minimum Gasteiger partial charge on any atom is -0.457 e. The summed E-state index contributed by atoms with van der Waals surface area (Å²) in [5, 5.41) is 3.38. The molecule has 0 aliphatic carbocycles. The van der Waals surface area contributed by atoms with Crippen molar-refractivity contribution < 1.29 is 4.74 Å². The first kappa shape index (κ1) is 19.4. The van der Waals surface area contributed by atoms with Gasteiger partial charge in [-0.1, -0.05) is 0 Å². The lowest BCUT2D eigenvalue weighted by molar-refractivity contribution is 0.479. The molecule has 33 heavy (non-hydrogen) atoms. The maximum atomic E-state index is 6.13. The summed E-state index contributed by atoms with van der Waals surface area (Å²) in [6.45, 7) is 3.98. The van der Waals surface area contributed by atoms with Gasteiger partial charge in [0.25, 0.3) is 0 Å². The van der Waals surface area contributed by atoms with Crippen LogP contribution in [0.2, 0.25) is 0 Å². The van der Waals surface area contributed by atoms with Gasteiger partial charge in [-0.2, -0.15) is 0 Å². The molecule has 3 aromatic heterocycles. The van der Waals surface area contributed by atoms with Gasteiger partial charge in [-0.25, -0.2) is 24.9 Å². The molecule has 9 nitrogen and oxygen atoms in total. The Kier molecular flexibility index (Phi) is 4.53. The highest BCUT2D eigenvalue weighted by Gasteiger charge is 2.18. The van der Waals surface area contributed by atoms with Crippen molar-refractivity contribution in [2.45, 2.75) is 13.3 Å². The van der Waals surface area contributed by atoms with Gasteiger partial charge in [0.1, 0.15) is 28.9 Å². The van der Waals surface area contributed by atoms with Crippen molar-refractivity contribution in [2.24, 2.45) is 7.05 Å². The predicted octanol–water partition coefficient (Wildman–Crippen LogP) is 4.36. The Morgan fingerprint density at radius 3 is 2.70 bits per heavy atom. The molecule has 5 aromatic rings. The monoisotopic (exact) mass is 438 g/mol. The predicted molar refractivity (Wildman–Crippen MR) is 127 cm³/mol. The van der Waals surface area contributed by atoms with Crippen molar-refractivity contribution in [3.8, 4) is 11.5 Å². The SMILES string of the molecule is Cc1cc(Nc2ncnc3cnc(N4CCC4)nc23)ccc1Oc1ccc2c(c1)ncn2C. The quantitative estimate of drug-likeness (QED) is 0.433. The molecule has 0 amide bonds. The van der Waals surface area contributed by atoms with Crippen molar-refractivity contribution in [1.29, 1.82) is 0 Å². The van der Waals surface area contributed by atoms with Gasteiger partial charge in [0.15, 0.2) is 5.82 Å². The number of anilines is 3. The van der Waals surface area contributed by atoms with Crippen LogP contribution < -0.4 is 15.0 Å². The normalized spacial score (nSPS) is 13.3. The minimum absolute atomic E-state index is 0.651. The zero-order valence-electron chi connectivity index (χ0n) is 18.4. The molecule has 1 N–H and O–H groups in total.